The molecular formula is C23H18F3N5O3. The molecule has 0 saturated carbocycles. The third-order valence-electron chi connectivity index (χ3n) is 5.83. The van der Waals surface area contributed by atoms with Gasteiger partial charge < -0.3 is 20.1 Å². The van der Waals surface area contributed by atoms with Crippen LogP contribution in [-0.4, -0.2) is 40.3 Å². The van der Waals surface area contributed by atoms with Gasteiger partial charge in [-0.15, -0.1) is 0 Å². The third-order valence-corrected chi connectivity index (χ3v) is 5.83. The van der Waals surface area contributed by atoms with Crippen LogP contribution in [-0.2, 0) is 11.3 Å². The maximum absolute atomic E-state index is 14.1. The molecule has 4 rings (SSSR count). The first-order valence-corrected chi connectivity index (χ1v) is 10.1. The van der Waals surface area contributed by atoms with Gasteiger partial charge in [-0.3, -0.25) is 9.59 Å². The van der Waals surface area contributed by atoms with Crippen LogP contribution in [0.25, 0.3) is 10.8 Å². The number of anilines is 1. The number of likely N-dealkylation sites (N-methyl/N-ethyl adjacent to an activating group) is 1. The average molecular weight is 469 g/mol. The number of carbonyl (C=O) groups excluding carboxylic acids is 2. The Hall–Kier alpha value is -4.33. The van der Waals surface area contributed by atoms with E-state index >= 15 is 0 Å². The molecule has 0 unspecified atom stereocenters. The molecule has 34 heavy (non-hydrogen) atoms. The molecule has 1 atom stereocenters. The number of H-pyrrole nitrogens is 1. The van der Waals surface area contributed by atoms with Crippen LogP contribution in [0.2, 0.25) is 0 Å². The topological polar surface area (TPSA) is 109 Å². The van der Waals surface area contributed by atoms with Crippen molar-refractivity contribution in [2.75, 3.05) is 18.9 Å². The molecule has 2 N–H and O–H groups in total. The van der Waals surface area contributed by atoms with Gasteiger partial charge in [-0.2, -0.15) is 5.26 Å². The summed E-state index contributed by atoms with van der Waals surface area (Å²) in [5, 5.41) is 11.6. The van der Waals surface area contributed by atoms with E-state index in [2.05, 4.69) is 10.3 Å². The maximum Gasteiger partial charge on any atom is 0.322 e. The van der Waals surface area contributed by atoms with Crippen molar-refractivity contribution in [2.45, 2.75) is 19.5 Å². The summed E-state index contributed by atoms with van der Waals surface area (Å²) >= 11 is 0. The van der Waals surface area contributed by atoms with E-state index < -0.39 is 35.1 Å². The fourth-order valence-electron chi connectivity index (χ4n) is 4.05. The molecule has 0 bridgehead atoms. The summed E-state index contributed by atoms with van der Waals surface area (Å²) in [5.74, 6) is -3.40. The number of fused-ring (bicyclic) bond motifs is 3. The van der Waals surface area contributed by atoms with Gasteiger partial charge in [0.2, 0.25) is 5.91 Å². The van der Waals surface area contributed by atoms with Gasteiger partial charge in [0.15, 0.2) is 11.6 Å². The minimum Gasteiger partial charge on any atom is -0.335 e. The number of amides is 3. The average Bonchev–Trinajstić information content (AvgIpc) is 2.80. The molecule has 0 spiro atoms. The van der Waals surface area contributed by atoms with Crippen LogP contribution < -0.4 is 10.9 Å². The zero-order valence-corrected chi connectivity index (χ0v) is 18.1. The van der Waals surface area contributed by atoms with Crippen molar-refractivity contribution in [1.82, 2.24) is 14.8 Å². The molecule has 0 radical (unpaired) electrons. The highest BCUT2D eigenvalue weighted by Crippen LogP contribution is 2.35. The van der Waals surface area contributed by atoms with Gasteiger partial charge in [-0.1, -0.05) is 0 Å². The van der Waals surface area contributed by atoms with E-state index in [9.17, 15) is 27.6 Å². The highest BCUT2D eigenvalue weighted by Gasteiger charge is 2.34. The van der Waals surface area contributed by atoms with Gasteiger partial charge in [-0.05, 0) is 35.7 Å². The largest absolute Gasteiger partial charge is 0.335 e. The number of carbonyl (C=O) groups is 2. The minimum atomic E-state index is -1.19. The fourth-order valence-corrected chi connectivity index (χ4v) is 4.05. The van der Waals surface area contributed by atoms with Crippen LogP contribution in [0.5, 0.6) is 0 Å². The Morgan fingerprint density at radius 3 is 2.47 bits per heavy atom. The molecule has 174 valence electrons. The monoisotopic (exact) mass is 469 g/mol. The van der Waals surface area contributed by atoms with Crippen LogP contribution in [0.1, 0.15) is 29.8 Å². The molecule has 3 aromatic rings. The second kappa shape index (κ2) is 8.55. The van der Waals surface area contributed by atoms with Gasteiger partial charge in [0, 0.05) is 37.5 Å². The van der Waals surface area contributed by atoms with E-state index in [1.165, 1.54) is 35.9 Å². The second-order valence-electron chi connectivity index (χ2n) is 7.92. The van der Waals surface area contributed by atoms with Gasteiger partial charge in [0.05, 0.1) is 23.5 Å². The molecule has 2 heterocycles. The van der Waals surface area contributed by atoms with E-state index in [0.29, 0.717) is 11.3 Å². The normalized spacial score (nSPS) is 14.9. The van der Waals surface area contributed by atoms with Gasteiger partial charge in [0.1, 0.15) is 11.9 Å². The van der Waals surface area contributed by atoms with E-state index in [0.717, 1.165) is 18.2 Å². The number of nitrogens with one attached hydrogen (secondary N) is 2. The zero-order valence-electron chi connectivity index (χ0n) is 18.1. The molecule has 11 heteroatoms. The quantitative estimate of drug-likeness (QED) is 0.600. The maximum atomic E-state index is 14.1. The lowest BCUT2D eigenvalue weighted by atomic mass is 9.93. The second-order valence-corrected chi connectivity index (χ2v) is 7.92. The van der Waals surface area contributed by atoms with Gasteiger partial charge in [-0.25, -0.2) is 18.0 Å². The van der Waals surface area contributed by atoms with E-state index in [1.807, 2.05) is 0 Å². The van der Waals surface area contributed by atoms with E-state index in [1.54, 1.807) is 6.07 Å². The Morgan fingerprint density at radius 2 is 1.82 bits per heavy atom. The van der Waals surface area contributed by atoms with Crippen LogP contribution in [0, 0.1) is 28.8 Å². The Morgan fingerprint density at radius 1 is 1.15 bits per heavy atom. The van der Waals surface area contributed by atoms with Crippen molar-refractivity contribution in [3.63, 3.8) is 0 Å². The molecule has 1 aliphatic rings. The van der Waals surface area contributed by atoms with Crippen LogP contribution in [0.15, 0.2) is 35.1 Å². The Balaban J connectivity index is 1.79. The summed E-state index contributed by atoms with van der Waals surface area (Å²) in [6.07, 6.45) is 0. The summed E-state index contributed by atoms with van der Waals surface area (Å²) in [4.78, 5) is 43.0. The number of nitriles is 1. The number of rotatable bonds is 2. The summed E-state index contributed by atoms with van der Waals surface area (Å²) in [6, 6.07) is 5.36. The Labute approximate surface area is 191 Å². The zero-order chi connectivity index (χ0) is 24.7. The van der Waals surface area contributed by atoms with E-state index in [-0.39, 0.29) is 41.0 Å². The van der Waals surface area contributed by atoms with Crippen molar-refractivity contribution in [3.8, 4) is 6.07 Å². The van der Waals surface area contributed by atoms with Gasteiger partial charge >= 0.3 is 6.03 Å². The predicted octanol–water partition coefficient (Wildman–Crippen LogP) is 3.38. The third kappa shape index (κ3) is 3.94. The summed E-state index contributed by atoms with van der Waals surface area (Å²) in [6.45, 7) is 1.38. The van der Waals surface area contributed by atoms with Crippen molar-refractivity contribution >= 4 is 28.4 Å². The van der Waals surface area contributed by atoms with Crippen molar-refractivity contribution in [2.24, 2.45) is 0 Å². The standard InChI is InChI=1S/C23H18F3N5O3/c1-11(32)31-9-19-21(14-6-17(25)18(26)7-15(14)22(33)29-19)20(10-31)30(2)23(34)28-13-3-4-16(24)12(5-13)8-27/h3-7,20H,9-10H2,1-2H3,(H,28,34)(H,29,33)/t20-/m1/s1. The van der Waals surface area contributed by atoms with Crippen LogP contribution in [0.3, 0.4) is 0 Å². The van der Waals surface area contributed by atoms with Crippen molar-refractivity contribution in [3.05, 3.63) is 75.0 Å². The summed E-state index contributed by atoms with van der Waals surface area (Å²) < 4.78 is 41.6. The summed E-state index contributed by atoms with van der Waals surface area (Å²) in [7, 11) is 1.43. The first-order chi connectivity index (χ1) is 16.1. The molecule has 3 amide bonds. The molecule has 0 aliphatic carbocycles. The number of pyridine rings is 1. The Kier molecular flexibility index (Phi) is 5.75. The lowest BCUT2D eigenvalue weighted by molar-refractivity contribution is -0.130. The highest BCUT2D eigenvalue weighted by atomic mass is 19.2. The molecule has 1 aliphatic heterocycles. The number of nitrogens with zero attached hydrogens (tertiary/aromatic N) is 3. The number of aromatic amines is 1. The molecule has 1 aromatic heterocycles. The van der Waals surface area contributed by atoms with Crippen LogP contribution in [0.4, 0.5) is 23.7 Å². The lowest BCUT2D eigenvalue weighted by Crippen LogP contribution is -2.46. The molecule has 2 aromatic carbocycles. The van der Waals surface area contributed by atoms with Crippen LogP contribution >= 0.6 is 0 Å². The first kappa shape index (κ1) is 22.8. The SMILES string of the molecule is CC(=O)N1Cc2[nH]c(=O)c3cc(F)c(F)cc3c2[C@H](N(C)C(=O)Nc2ccc(F)c(C#N)c2)C1. The number of aromatic nitrogens is 1. The van der Waals surface area contributed by atoms with Crippen molar-refractivity contribution in [1.29, 1.82) is 5.26 Å². The van der Waals surface area contributed by atoms with E-state index in [4.69, 9.17) is 5.26 Å². The number of hydrogen-bond acceptors (Lipinski definition) is 4. The number of halogens is 3. The molecule has 0 fully saturated rings. The molecular weight excluding hydrogens is 451 g/mol. The Bertz CT molecular complexity index is 1450. The smallest absolute Gasteiger partial charge is 0.322 e. The lowest BCUT2D eigenvalue weighted by Gasteiger charge is -2.39. The predicted molar refractivity (Wildman–Crippen MR) is 116 cm³/mol. The van der Waals surface area contributed by atoms with Gasteiger partial charge in [0.25, 0.3) is 5.56 Å². The number of hydrogen-bond donors (Lipinski definition) is 2. The first-order valence-electron chi connectivity index (χ1n) is 10.1. The number of urea groups is 1. The highest BCUT2D eigenvalue weighted by molar-refractivity contribution is 5.91. The number of benzene rings is 2. The molecule has 0 saturated heterocycles. The molecule has 8 nitrogen and oxygen atoms in total. The minimum absolute atomic E-state index is 0.0181. The van der Waals surface area contributed by atoms with Crippen molar-refractivity contribution < 1.29 is 22.8 Å². The fraction of sp³-hybridized carbons (Fsp3) is 0.217. The summed E-state index contributed by atoms with van der Waals surface area (Å²) in [5.41, 5.74) is -0.0798.